The summed E-state index contributed by atoms with van der Waals surface area (Å²) in [6, 6.07) is 14.1. The van der Waals surface area contributed by atoms with Gasteiger partial charge in [-0.1, -0.05) is 45.0 Å². The molecule has 19 heteroatoms. The van der Waals surface area contributed by atoms with Crippen LogP contribution in [0.4, 0.5) is 5.82 Å². The summed E-state index contributed by atoms with van der Waals surface area (Å²) in [6.45, 7) is 15.2. The topological polar surface area (TPSA) is 236 Å². The molecule has 18 nitrogen and oxygen atoms in total. The predicted octanol–water partition coefficient (Wildman–Crippen LogP) is 5.81. The second-order valence-corrected chi connectivity index (χ2v) is 20.9. The van der Waals surface area contributed by atoms with Crippen molar-refractivity contribution in [2.24, 2.45) is 33.8 Å². The third-order valence-electron chi connectivity index (χ3n) is 13.7. The van der Waals surface area contributed by atoms with Gasteiger partial charge in [-0.3, -0.25) is 19.4 Å². The maximum atomic E-state index is 14.6. The minimum absolute atomic E-state index is 0.0833. The molecule has 0 radical (unpaired) electrons. The molecule has 384 valence electrons. The van der Waals surface area contributed by atoms with E-state index in [1.54, 1.807) is 51.2 Å². The quantitative estimate of drug-likeness (QED) is 0.152. The number of aliphatic hydroxyl groups excluding tert-OH is 1. The van der Waals surface area contributed by atoms with Gasteiger partial charge in [-0.05, 0) is 103 Å². The summed E-state index contributed by atoms with van der Waals surface area (Å²) in [5.41, 5.74) is 4.50. The molecule has 0 spiro atoms. The first-order chi connectivity index (χ1) is 33.1. The van der Waals surface area contributed by atoms with Crippen LogP contribution in [-0.2, 0) is 60.7 Å². The molecule has 0 saturated carbocycles. The number of carbonyl (C=O) groups excluding carboxylic acids is 3. The Labute approximate surface area is 415 Å². The molecule has 3 aromatic rings. The number of aliphatic hydroxyl groups is 2. The average molecular weight is 993 g/mol. The molecule has 3 aliphatic heterocycles. The van der Waals surface area contributed by atoms with Crippen LogP contribution in [0, 0.1) is 23.7 Å². The fraction of sp³-hybridized carbons (Fsp3) is 0.627. The first kappa shape index (κ1) is 54.6. The van der Waals surface area contributed by atoms with Gasteiger partial charge in [-0.15, -0.1) is 11.3 Å². The molecular weight excluding hydrogens is 921 g/mol. The van der Waals surface area contributed by atoms with E-state index in [2.05, 4.69) is 20.1 Å². The predicted molar refractivity (Wildman–Crippen MR) is 264 cm³/mol. The van der Waals surface area contributed by atoms with Gasteiger partial charge in [0, 0.05) is 41.6 Å². The lowest BCUT2D eigenvalue weighted by Gasteiger charge is -2.49. The molecule has 4 N–H and O–H groups in total. The molecule has 1 amide bonds. The highest BCUT2D eigenvalue weighted by Gasteiger charge is 2.54. The van der Waals surface area contributed by atoms with E-state index in [0.29, 0.717) is 29.4 Å². The van der Waals surface area contributed by atoms with Crippen molar-refractivity contribution in [1.29, 1.82) is 0 Å². The van der Waals surface area contributed by atoms with Crippen LogP contribution in [0.25, 0.3) is 10.6 Å². The largest absolute Gasteiger partial charge is 0.461 e. The molecule has 3 fully saturated rings. The van der Waals surface area contributed by atoms with Crippen molar-refractivity contribution in [3.63, 3.8) is 0 Å². The average Bonchev–Trinajstić information content (AvgIpc) is 3.78. The van der Waals surface area contributed by atoms with Gasteiger partial charge in [0.1, 0.15) is 35.4 Å². The van der Waals surface area contributed by atoms with Gasteiger partial charge in [0.15, 0.2) is 12.9 Å². The number of fused-ring (bicyclic) bond motifs is 5. The lowest BCUT2D eigenvalue weighted by atomic mass is 9.73. The zero-order valence-corrected chi connectivity index (χ0v) is 43.1. The third kappa shape index (κ3) is 13.2. The van der Waals surface area contributed by atoms with E-state index in [4.69, 9.17) is 39.0 Å². The number of pyridine rings is 2. The maximum Gasteiger partial charge on any atom is 0.312 e. The molecule has 3 aliphatic rings. The highest BCUT2D eigenvalue weighted by atomic mass is 32.1. The summed E-state index contributed by atoms with van der Waals surface area (Å²) in [7, 11) is 3.75. The molecule has 6 heterocycles. The van der Waals surface area contributed by atoms with Gasteiger partial charge < -0.3 is 54.1 Å². The van der Waals surface area contributed by atoms with Crippen molar-refractivity contribution in [1.82, 2.24) is 14.9 Å². The Morgan fingerprint density at radius 2 is 1.79 bits per heavy atom. The number of oxime groups is 1. The van der Waals surface area contributed by atoms with Gasteiger partial charge in [0.05, 0.1) is 65.7 Å². The second-order valence-electron chi connectivity index (χ2n) is 19.7. The van der Waals surface area contributed by atoms with Crippen molar-refractivity contribution in [3.05, 3.63) is 65.3 Å². The molecular formula is C51H72N6O12S. The summed E-state index contributed by atoms with van der Waals surface area (Å²) in [4.78, 5) is 64.8. The van der Waals surface area contributed by atoms with Crippen LogP contribution in [0.3, 0.4) is 0 Å². The van der Waals surface area contributed by atoms with E-state index < -0.39 is 89.5 Å². The summed E-state index contributed by atoms with van der Waals surface area (Å²) in [6.07, 6.45) is -5.20. The molecule has 3 aromatic heterocycles. The standard InChI is InChI=1S/C51H72N6O12S/c1-12-40-51(9,62)47-30(4)43(54-33(7)58)28(2)24-50(8,64-26-35(25-63-47)56-65-27-36-19-20-39(70-36)37-17-15-18-41(52)55-37)46(69-49-44(60)38(57(10)11)22-29(3)66-49)31(5)45(32(6)48(61)67-40)68-42(59)23-34-16-13-14-21-53-34/h13-21,28-32,38,40,44-47,49,60,62H,12,22-27H2,1-11H3,(H2,52,55)/b54-43+,56-35?/t28-,29-,30+,31+,32-,38+,40-,44-,45+,46-,47-,49+,50-,51-/m1/s1. The molecule has 0 aliphatic carbocycles. The number of hydrogen-bond acceptors (Lipinski definition) is 18. The Morgan fingerprint density at radius 1 is 1.03 bits per heavy atom. The number of hydrogen-bond donors (Lipinski definition) is 3. The van der Waals surface area contributed by atoms with Crippen LogP contribution < -0.4 is 5.73 Å². The number of cyclic esters (lactones) is 1. The SMILES string of the molecule is CC[C@H]1OC(=O)[C@H](C)[C@@H](OC(=O)Cc2ccccn2)[C@H](C)[C@@H](O[C@@H]2O[C@H](C)C[C@H](N(C)C)[C@H]2O)[C@@]2(C)C[C@@H](C)/C(=N\C(C)=O)[C@H](C)[C@@H](OCC(=NOCc3ccc(-c4cccc(N)n4)s3)CO2)[C@]1(C)O. The molecule has 70 heavy (non-hydrogen) atoms. The number of nitrogen functional groups attached to an aromatic ring is 1. The molecule has 3 saturated heterocycles. The molecule has 14 atom stereocenters. The van der Waals surface area contributed by atoms with E-state index in [1.807, 2.05) is 71.0 Å². The zero-order valence-electron chi connectivity index (χ0n) is 42.3. The number of aliphatic imine (C=N–C) groups is 1. The van der Waals surface area contributed by atoms with Crippen LogP contribution in [0.1, 0.15) is 92.1 Å². The van der Waals surface area contributed by atoms with Gasteiger partial charge >= 0.3 is 11.9 Å². The Hall–Kier alpha value is -4.73. The summed E-state index contributed by atoms with van der Waals surface area (Å²) in [5.74, 6) is -4.83. The lowest BCUT2D eigenvalue weighted by Crippen LogP contribution is -2.61. The number of amides is 1. The number of aromatic nitrogens is 2. The monoisotopic (exact) mass is 992 g/mol. The van der Waals surface area contributed by atoms with E-state index in [9.17, 15) is 24.6 Å². The molecule has 6 rings (SSSR count). The molecule has 2 bridgehead atoms. The van der Waals surface area contributed by atoms with Crippen molar-refractivity contribution >= 4 is 46.4 Å². The highest BCUT2D eigenvalue weighted by molar-refractivity contribution is 7.15. The minimum Gasteiger partial charge on any atom is -0.461 e. The molecule has 0 aromatic carbocycles. The fourth-order valence-electron chi connectivity index (χ4n) is 10.2. The Balaban J connectivity index is 1.50. The normalized spacial score (nSPS) is 34.8. The lowest BCUT2D eigenvalue weighted by molar-refractivity contribution is -0.302. The van der Waals surface area contributed by atoms with Crippen LogP contribution in [0.15, 0.2) is 64.9 Å². The number of rotatable bonds is 11. The van der Waals surface area contributed by atoms with Crippen molar-refractivity contribution in [2.75, 3.05) is 33.0 Å². The van der Waals surface area contributed by atoms with E-state index in [-0.39, 0.29) is 51.2 Å². The Kier molecular flexibility index (Phi) is 18.5. The van der Waals surface area contributed by atoms with E-state index >= 15 is 0 Å². The maximum absolute atomic E-state index is 14.6. The van der Waals surface area contributed by atoms with Crippen molar-refractivity contribution in [3.8, 4) is 10.6 Å². The molecule has 0 unspecified atom stereocenters. The zero-order chi connectivity index (χ0) is 51.1. The number of nitrogens with zero attached hydrogens (tertiary/aromatic N) is 5. The Bertz CT molecular complexity index is 2310. The van der Waals surface area contributed by atoms with Crippen LogP contribution in [0.2, 0.25) is 0 Å². The van der Waals surface area contributed by atoms with Gasteiger partial charge in [-0.25, -0.2) is 9.98 Å². The first-order valence-corrected chi connectivity index (χ1v) is 24.9. The summed E-state index contributed by atoms with van der Waals surface area (Å²) in [5, 5.41) is 29.3. The summed E-state index contributed by atoms with van der Waals surface area (Å²) >= 11 is 1.47. The van der Waals surface area contributed by atoms with Crippen molar-refractivity contribution < 1.29 is 57.9 Å². The number of nitrogens with two attached hydrogens (primary N) is 1. The minimum atomic E-state index is -1.89. The second kappa shape index (κ2) is 23.7. The fourth-order valence-corrected chi connectivity index (χ4v) is 11.1. The Morgan fingerprint density at radius 3 is 2.46 bits per heavy atom. The van der Waals surface area contributed by atoms with E-state index in [0.717, 1.165) is 15.4 Å². The van der Waals surface area contributed by atoms with Gasteiger partial charge in [0.25, 0.3) is 0 Å². The number of ether oxygens (including phenoxy) is 6. The number of esters is 2. The number of carbonyl (C=O) groups is 3. The van der Waals surface area contributed by atoms with Gasteiger partial charge in [-0.2, -0.15) is 0 Å². The highest BCUT2D eigenvalue weighted by Crippen LogP contribution is 2.42. The number of anilines is 1. The smallest absolute Gasteiger partial charge is 0.312 e. The van der Waals surface area contributed by atoms with Crippen LogP contribution >= 0.6 is 11.3 Å². The van der Waals surface area contributed by atoms with Crippen molar-refractivity contribution in [2.45, 2.75) is 155 Å². The number of thiophene rings is 1. The number of likely N-dealkylation sites (N-methyl/N-ethyl adjacent to an activating group) is 1. The van der Waals surface area contributed by atoms with Gasteiger partial charge in [0.2, 0.25) is 5.91 Å². The van der Waals surface area contributed by atoms with Crippen LogP contribution in [-0.4, -0.2) is 142 Å². The van der Waals surface area contributed by atoms with Crippen LogP contribution in [0.5, 0.6) is 0 Å². The third-order valence-corrected chi connectivity index (χ3v) is 14.8. The van der Waals surface area contributed by atoms with E-state index in [1.165, 1.54) is 25.2 Å². The summed E-state index contributed by atoms with van der Waals surface area (Å²) < 4.78 is 39.9. The first-order valence-electron chi connectivity index (χ1n) is 24.1.